The van der Waals surface area contributed by atoms with Crippen molar-refractivity contribution < 1.29 is 0 Å². The van der Waals surface area contributed by atoms with Crippen LogP contribution in [0.3, 0.4) is 0 Å². The Morgan fingerprint density at radius 1 is 0.556 bits per heavy atom. The van der Waals surface area contributed by atoms with Gasteiger partial charge < -0.3 is 5.32 Å². The zero-order chi connectivity index (χ0) is 25.1. The number of hydrogen-bond acceptors (Lipinski definition) is 3. The fourth-order valence-electron chi connectivity index (χ4n) is 4.73. The summed E-state index contributed by atoms with van der Waals surface area (Å²) in [4.78, 5) is 5.46. The van der Waals surface area contributed by atoms with Gasteiger partial charge in [0.25, 0.3) is 0 Å². The van der Waals surface area contributed by atoms with Crippen LogP contribution in [0.2, 0.25) is 0 Å². The summed E-state index contributed by atoms with van der Waals surface area (Å²) in [6.45, 7) is 2.08. The third-order valence-corrected chi connectivity index (χ3v) is 7.77. The number of nitrogens with one attached hydrogen (secondary N) is 1. The van der Waals surface area contributed by atoms with E-state index in [2.05, 4.69) is 77.2 Å². The number of benzene rings is 2. The Bertz CT molecular complexity index is 922. The Hall–Kier alpha value is -2.10. The Morgan fingerprint density at radius 3 is 1.64 bits per heavy atom. The normalized spacial score (nSPS) is 11.1. The van der Waals surface area contributed by atoms with E-state index in [4.69, 9.17) is 0 Å². The first-order valence-electron chi connectivity index (χ1n) is 14.2. The second-order valence-corrected chi connectivity index (χ2v) is 10.8. The van der Waals surface area contributed by atoms with Crippen LogP contribution in [0.1, 0.15) is 88.2 Å². The van der Waals surface area contributed by atoms with Crippen molar-refractivity contribution in [2.24, 2.45) is 0 Å². The molecule has 1 aromatic heterocycles. The molecule has 0 aliphatic heterocycles. The molecule has 0 fully saturated rings. The van der Waals surface area contributed by atoms with Crippen LogP contribution in [0, 0.1) is 0 Å². The summed E-state index contributed by atoms with van der Waals surface area (Å²) >= 11 is 1.82. The van der Waals surface area contributed by atoms with E-state index < -0.39 is 0 Å². The molecule has 0 radical (unpaired) electrons. The monoisotopic (exact) mass is 502 g/mol. The van der Waals surface area contributed by atoms with Gasteiger partial charge in [0, 0.05) is 23.8 Å². The maximum absolute atomic E-state index is 4.09. The highest BCUT2D eigenvalue weighted by atomic mass is 32.2. The second-order valence-electron chi connectivity index (χ2n) is 9.95. The van der Waals surface area contributed by atoms with Gasteiger partial charge in [0.2, 0.25) is 0 Å². The predicted octanol–water partition coefficient (Wildman–Crippen LogP) is 9.48. The van der Waals surface area contributed by atoms with Crippen molar-refractivity contribution in [3.05, 3.63) is 84.2 Å². The summed E-state index contributed by atoms with van der Waals surface area (Å²) in [5.41, 5.74) is 5.33. The third-order valence-electron chi connectivity index (χ3n) is 7.02. The quantitative estimate of drug-likeness (QED) is 0.130. The van der Waals surface area contributed by atoms with Gasteiger partial charge in [-0.2, -0.15) is 0 Å². The molecule has 194 valence electrons. The van der Waals surface area contributed by atoms with E-state index in [0.717, 1.165) is 13.1 Å². The van der Waals surface area contributed by atoms with Crippen molar-refractivity contribution in [3.63, 3.8) is 0 Å². The van der Waals surface area contributed by atoms with Crippen molar-refractivity contribution in [2.45, 2.75) is 94.9 Å². The molecule has 1 N–H and O–H groups in total. The number of nitrogens with zero attached hydrogens (tertiary/aromatic N) is 1. The van der Waals surface area contributed by atoms with E-state index in [9.17, 15) is 0 Å². The smallest absolute Gasteiger partial charge is 0.0273 e. The first-order valence-corrected chi connectivity index (χ1v) is 15.4. The van der Waals surface area contributed by atoms with Crippen LogP contribution < -0.4 is 5.32 Å². The van der Waals surface area contributed by atoms with E-state index in [1.165, 1.54) is 111 Å². The highest BCUT2D eigenvalue weighted by Crippen LogP contribution is 2.19. The molecule has 1 heterocycles. The van der Waals surface area contributed by atoms with Gasteiger partial charge >= 0.3 is 0 Å². The highest BCUT2D eigenvalue weighted by molar-refractivity contribution is 7.98. The van der Waals surface area contributed by atoms with Gasteiger partial charge in [-0.15, -0.1) is 11.8 Å². The first-order chi connectivity index (χ1) is 17.8. The lowest BCUT2D eigenvalue weighted by Gasteiger charge is -2.07. The number of unbranched alkanes of at least 4 members (excludes halogenated alkanes) is 11. The lowest BCUT2D eigenvalue weighted by molar-refractivity contribution is 0.533. The number of hydrogen-bond donors (Lipinski definition) is 1. The summed E-state index contributed by atoms with van der Waals surface area (Å²) in [6, 6.07) is 22.1. The molecular weight excluding hydrogens is 456 g/mol. The van der Waals surface area contributed by atoms with Crippen LogP contribution in [0.4, 0.5) is 0 Å². The van der Waals surface area contributed by atoms with Crippen LogP contribution in [-0.4, -0.2) is 17.8 Å². The maximum Gasteiger partial charge on any atom is 0.0273 e. The number of pyridine rings is 1. The van der Waals surface area contributed by atoms with Gasteiger partial charge in [0.1, 0.15) is 0 Å². The summed E-state index contributed by atoms with van der Waals surface area (Å²) < 4.78 is 0. The summed E-state index contributed by atoms with van der Waals surface area (Å²) in [7, 11) is 0. The summed E-state index contributed by atoms with van der Waals surface area (Å²) in [5.74, 6) is 0. The molecule has 3 heteroatoms. The predicted molar refractivity (Wildman–Crippen MR) is 159 cm³/mol. The molecule has 0 saturated heterocycles. The van der Waals surface area contributed by atoms with E-state index in [1.54, 1.807) is 0 Å². The van der Waals surface area contributed by atoms with Crippen LogP contribution in [-0.2, 0) is 13.0 Å². The molecule has 0 amide bonds. The molecule has 0 atom stereocenters. The standard InChI is InChI=1S/C33H46N2S/c1-36-33-21-17-29(18-22-33)14-12-10-8-6-4-2-3-5-7-9-11-13-25-35-28-30-15-19-31(20-16-30)32-23-26-34-27-24-32/h15-24,26-27,35H,2-14,25,28H2,1H3. The van der Waals surface area contributed by atoms with Gasteiger partial charge in [-0.25, -0.2) is 0 Å². The van der Waals surface area contributed by atoms with E-state index in [0.29, 0.717) is 0 Å². The van der Waals surface area contributed by atoms with Crippen molar-refractivity contribution in [1.82, 2.24) is 10.3 Å². The zero-order valence-electron chi connectivity index (χ0n) is 22.4. The third kappa shape index (κ3) is 11.8. The Kier molecular flexibility index (Phi) is 14.4. The van der Waals surface area contributed by atoms with E-state index >= 15 is 0 Å². The van der Waals surface area contributed by atoms with Gasteiger partial charge in [0.05, 0.1) is 0 Å². The van der Waals surface area contributed by atoms with Crippen molar-refractivity contribution in [2.75, 3.05) is 12.8 Å². The lowest BCUT2D eigenvalue weighted by atomic mass is 10.0. The molecule has 36 heavy (non-hydrogen) atoms. The minimum atomic E-state index is 0.960. The van der Waals surface area contributed by atoms with Crippen LogP contribution in [0.15, 0.2) is 78.0 Å². The van der Waals surface area contributed by atoms with Crippen LogP contribution in [0.25, 0.3) is 11.1 Å². The molecule has 3 rings (SSSR count). The zero-order valence-corrected chi connectivity index (χ0v) is 23.2. The van der Waals surface area contributed by atoms with Crippen molar-refractivity contribution in [1.29, 1.82) is 0 Å². The largest absolute Gasteiger partial charge is 0.313 e. The number of thioether (sulfide) groups is 1. The summed E-state index contributed by atoms with van der Waals surface area (Å²) in [6.07, 6.45) is 23.8. The van der Waals surface area contributed by atoms with Gasteiger partial charge in [-0.05, 0) is 78.6 Å². The molecule has 2 nitrogen and oxygen atoms in total. The molecule has 0 saturated carbocycles. The molecule has 0 unspecified atom stereocenters. The average molecular weight is 503 g/mol. The minimum Gasteiger partial charge on any atom is -0.313 e. The number of aryl methyl sites for hydroxylation is 1. The Labute approximate surface area is 224 Å². The van der Waals surface area contributed by atoms with Gasteiger partial charge in [-0.1, -0.05) is 101 Å². The van der Waals surface area contributed by atoms with Gasteiger partial charge in [-0.3, -0.25) is 4.98 Å². The van der Waals surface area contributed by atoms with E-state index in [1.807, 2.05) is 24.2 Å². The Balaban J connectivity index is 1.06. The molecular formula is C33H46N2S. The number of rotatable bonds is 19. The lowest BCUT2D eigenvalue weighted by Crippen LogP contribution is -2.14. The van der Waals surface area contributed by atoms with Crippen LogP contribution >= 0.6 is 11.8 Å². The molecule has 2 aromatic carbocycles. The van der Waals surface area contributed by atoms with Crippen LogP contribution in [0.5, 0.6) is 0 Å². The fourth-order valence-corrected chi connectivity index (χ4v) is 5.14. The molecule has 0 aliphatic rings. The summed E-state index contributed by atoms with van der Waals surface area (Å²) in [5, 5.41) is 3.60. The first kappa shape index (κ1) is 28.5. The molecule has 3 aromatic rings. The Morgan fingerprint density at radius 2 is 1.06 bits per heavy atom. The van der Waals surface area contributed by atoms with Gasteiger partial charge in [0.15, 0.2) is 0 Å². The minimum absolute atomic E-state index is 0.960. The van der Waals surface area contributed by atoms with Crippen molar-refractivity contribution >= 4 is 11.8 Å². The average Bonchev–Trinajstić information content (AvgIpc) is 2.94. The molecule has 0 bridgehead atoms. The van der Waals surface area contributed by atoms with Crippen molar-refractivity contribution in [3.8, 4) is 11.1 Å². The molecule has 0 spiro atoms. The maximum atomic E-state index is 4.09. The number of aromatic nitrogens is 1. The van der Waals surface area contributed by atoms with E-state index in [-0.39, 0.29) is 0 Å². The fraction of sp³-hybridized carbons (Fsp3) is 0.485. The SMILES string of the molecule is CSc1ccc(CCCCCCCCCCCCCCNCc2ccc(-c3ccncc3)cc2)cc1. The second kappa shape index (κ2) is 18.2. The molecule has 0 aliphatic carbocycles. The highest BCUT2D eigenvalue weighted by Gasteiger charge is 1.99. The topological polar surface area (TPSA) is 24.9 Å².